The lowest BCUT2D eigenvalue weighted by Gasteiger charge is -2.16. The lowest BCUT2D eigenvalue weighted by Crippen LogP contribution is -2.18. The van der Waals surface area contributed by atoms with Crippen molar-refractivity contribution in [2.45, 2.75) is 53.6 Å². The Morgan fingerprint density at radius 1 is 1.33 bits per heavy atom. The first-order valence-electron chi connectivity index (χ1n) is 6.23. The van der Waals surface area contributed by atoms with E-state index in [1.54, 1.807) is 13.8 Å². The van der Waals surface area contributed by atoms with Crippen LogP contribution in [0.15, 0.2) is 4.99 Å². The molecule has 2 heteroatoms. The maximum Gasteiger partial charge on any atom is 0.186 e. The van der Waals surface area contributed by atoms with Crippen molar-refractivity contribution in [2.24, 2.45) is 10.9 Å². The van der Waals surface area contributed by atoms with Crippen LogP contribution in [0.2, 0.25) is 0 Å². The monoisotopic (exact) mass is 175 g/mol. The van der Waals surface area contributed by atoms with Crippen LogP contribution in [0.5, 0.6) is 0 Å². The highest BCUT2D eigenvalue weighted by molar-refractivity contribution is 5.78. The molecule has 0 saturated heterocycles. The second-order valence-corrected chi connectivity index (χ2v) is 3.32. The first-order valence-corrected chi connectivity index (χ1v) is 4.23. The molecule has 0 aliphatic rings. The van der Waals surface area contributed by atoms with Gasteiger partial charge in [0.05, 0.1) is 6.10 Å². The van der Waals surface area contributed by atoms with Gasteiger partial charge in [0.1, 0.15) is 0 Å². The highest BCUT2D eigenvalue weighted by Crippen LogP contribution is 2.04. The molecule has 0 bridgehead atoms. The average molecular weight is 175 g/mol. The SMILES string of the molecule is [2H]C([2H])([2H])C([2H])(C)C(=NC(C)C)OC(C)C. The van der Waals surface area contributed by atoms with Gasteiger partial charge in [0.2, 0.25) is 0 Å². The molecule has 0 rings (SSSR count). The largest absolute Gasteiger partial charge is 0.478 e. The van der Waals surface area contributed by atoms with Crippen LogP contribution in [-0.4, -0.2) is 18.0 Å². The molecule has 0 spiro atoms. The van der Waals surface area contributed by atoms with Crippen molar-refractivity contribution < 1.29 is 10.2 Å². The quantitative estimate of drug-likeness (QED) is 0.477. The van der Waals surface area contributed by atoms with Gasteiger partial charge in [-0.2, -0.15) is 0 Å². The van der Waals surface area contributed by atoms with E-state index in [9.17, 15) is 0 Å². The minimum Gasteiger partial charge on any atom is -0.478 e. The summed E-state index contributed by atoms with van der Waals surface area (Å²) in [6, 6.07) is -0.0965. The van der Waals surface area contributed by atoms with Gasteiger partial charge in [0.25, 0.3) is 0 Å². The third-order valence-corrected chi connectivity index (χ3v) is 1.04. The molecule has 0 aromatic carbocycles. The van der Waals surface area contributed by atoms with E-state index in [1.165, 1.54) is 6.92 Å². The lowest BCUT2D eigenvalue weighted by atomic mass is 10.2. The fourth-order valence-corrected chi connectivity index (χ4v) is 0.673. The van der Waals surface area contributed by atoms with Crippen molar-refractivity contribution in [3.05, 3.63) is 0 Å². The van der Waals surface area contributed by atoms with Crippen LogP contribution in [0.4, 0.5) is 0 Å². The molecule has 0 N–H and O–H groups in total. The Hall–Kier alpha value is -0.530. The molecule has 0 aromatic heterocycles. The predicted molar refractivity (Wildman–Crippen MR) is 53.6 cm³/mol. The van der Waals surface area contributed by atoms with E-state index in [4.69, 9.17) is 10.2 Å². The molecule has 1 unspecified atom stereocenters. The van der Waals surface area contributed by atoms with Gasteiger partial charge in [0.15, 0.2) is 5.90 Å². The van der Waals surface area contributed by atoms with Gasteiger partial charge >= 0.3 is 0 Å². The number of ether oxygens (including phenoxy) is 1. The van der Waals surface area contributed by atoms with Crippen LogP contribution in [0, 0.1) is 5.89 Å². The summed E-state index contributed by atoms with van der Waals surface area (Å²) >= 11 is 0. The minimum atomic E-state index is -2.45. The van der Waals surface area contributed by atoms with Crippen molar-refractivity contribution in [1.82, 2.24) is 0 Å². The van der Waals surface area contributed by atoms with E-state index in [1.807, 2.05) is 13.8 Å². The fraction of sp³-hybridized carbons (Fsp3) is 0.900. The summed E-state index contributed by atoms with van der Waals surface area (Å²) in [6.45, 7) is 6.06. The molecule has 2 nitrogen and oxygen atoms in total. The molecule has 0 amide bonds. The first-order chi connectivity index (χ1) is 6.98. The highest BCUT2D eigenvalue weighted by Gasteiger charge is 2.08. The summed E-state index contributed by atoms with van der Waals surface area (Å²) in [5.74, 6) is -1.82. The van der Waals surface area contributed by atoms with Crippen molar-refractivity contribution in [2.75, 3.05) is 0 Å². The van der Waals surface area contributed by atoms with Crippen molar-refractivity contribution >= 4 is 5.90 Å². The van der Waals surface area contributed by atoms with Crippen LogP contribution in [0.1, 0.15) is 47.0 Å². The number of hydrogen-bond acceptors (Lipinski definition) is 2. The second kappa shape index (κ2) is 5.18. The molecule has 0 fully saturated rings. The van der Waals surface area contributed by atoms with E-state index in [0.29, 0.717) is 0 Å². The van der Waals surface area contributed by atoms with E-state index in [2.05, 4.69) is 4.99 Å². The van der Waals surface area contributed by atoms with Gasteiger partial charge in [-0.3, -0.25) is 4.99 Å². The number of rotatable bonds is 3. The Kier molecular flexibility index (Phi) is 2.59. The van der Waals surface area contributed by atoms with E-state index in [0.717, 1.165) is 0 Å². The maximum atomic E-state index is 7.90. The predicted octanol–water partition coefficient (Wildman–Crippen LogP) is 2.87. The van der Waals surface area contributed by atoms with E-state index in [-0.39, 0.29) is 18.0 Å². The molecule has 72 valence electrons. The first kappa shape index (κ1) is 6.01. The Morgan fingerprint density at radius 3 is 2.25 bits per heavy atom. The highest BCUT2D eigenvalue weighted by atomic mass is 16.5. The maximum absolute atomic E-state index is 7.90. The Morgan fingerprint density at radius 2 is 1.92 bits per heavy atom. The molecule has 1 atom stereocenters. The second-order valence-electron chi connectivity index (χ2n) is 3.32. The molecular weight excluding hydrogens is 150 g/mol. The summed E-state index contributed by atoms with van der Waals surface area (Å²) in [7, 11) is 0. The van der Waals surface area contributed by atoms with Crippen molar-refractivity contribution in [3.63, 3.8) is 0 Å². The minimum absolute atomic E-state index is 0.0162. The van der Waals surface area contributed by atoms with Gasteiger partial charge in [-0.05, 0) is 27.7 Å². The Labute approximate surface area is 81.7 Å². The molecule has 0 radical (unpaired) electrons. The molecule has 0 aliphatic heterocycles. The van der Waals surface area contributed by atoms with Crippen LogP contribution >= 0.6 is 0 Å². The van der Waals surface area contributed by atoms with Crippen LogP contribution in [0.25, 0.3) is 0 Å². The summed E-state index contributed by atoms with van der Waals surface area (Å²) in [6.07, 6.45) is -0.190. The number of aliphatic imine (C=N–C) groups is 1. The molecule has 0 heterocycles. The zero-order valence-electron chi connectivity index (χ0n) is 12.5. The lowest BCUT2D eigenvalue weighted by molar-refractivity contribution is 0.212. The van der Waals surface area contributed by atoms with Crippen molar-refractivity contribution in [3.8, 4) is 0 Å². The van der Waals surface area contributed by atoms with E-state index >= 15 is 0 Å². The Balaban J connectivity index is 5.19. The standard InChI is InChI=1S/C10H21NO/c1-7(2)10(11-8(3)4)12-9(5)6/h7-9H,1-6H3/i1D3,7D. The molecule has 0 aliphatic carbocycles. The Bertz CT molecular complexity index is 256. The summed E-state index contributed by atoms with van der Waals surface area (Å²) in [4.78, 5) is 4.10. The average Bonchev–Trinajstić information content (AvgIpc) is 1.98. The summed E-state index contributed by atoms with van der Waals surface area (Å²) in [5, 5.41) is 0. The number of hydrogen-bond donors (Lipinski definition) is 0. The smallest absolute Gasteiger partial charge is 0.186 e. The summed E-state index contributed by atoms with van der Waals surface area (Å²) < 4.78 is 35.3. The summed E-state index contributed by atoms with van der Waals surface area (Å²) in [5.41, 5.74) is 0. The zero-order valence-corrected chi connectivity index (χ0v) is 8.51. The molecule has 12 heavy (non-hydrogen) atoms. The van der Waals surface area contributed by atoms with Crippen LogP contribution < -0.4 is 0 Å². The van der Waals surface area contributed by atoms with Crippen LogP contribution in [0.3, 0.4) is 0 Å². The fourth-order valence-electron chi connectivity index (χ4n) is 0.673. The van der Waals surface area contributed by atoms with Gasteiger partial charge in [-0.1, -0.05) is 13.8 Å². The van der Waals surface area contributed by atoms with Crippen molar-refractivity contribution in [1.29, 1.82) is 0 Å². The number of nitrogens with zero attached hydrogens (tertiary/aromatic N) is 1. The zero-order chi connectivity index (χ0) is 13.1. The topological polar surface area (TPSA) is 21.6 Å². The third kappa shape index (κ3) is 5.16. The van der Waals surface area contributed by atoms with Gasteiger partial charge in [-0.15, -0.1) is 0 Å². The normalized spacial score (nSPS) is 24.1. The van der Waals surface area contributed by atoms with E-state index < -0.39 is 12.7 Å². The molecule has 0 saturated carbocycles. The molecule has 0 aromatic rings. The molecular formula is C10H21NO. The van der Waals surface area contributed by atoms with Gasteiger partial charge < -0.3 is 4.74 Å². The van der Waals surface area contributed by atoms with Gasteiger partial charge in [0, 0.05) is 17.4 Å². The third-order valence-electron chi connectivity index (χ3n) is 1.04. The van der Waals surface area contributed by atoms with Gasteiger partial charge in [-0.25, -0.2) is 0 Å². The van der Waals surface area contributed by atoms with Crippen LogP contribution in [-0.2, 0) is 4.74 Å².